The average molecular weight is 463 g/mol. The normalized spacial score (nSPS) is 16.9. The Kier molecular flexibility index (Phi) is 5.93. The Labute approximate surface area is 186 Å². The lowest BCUT2D eigenvalue weighted by Gasteiger charge is -2.37. The molecule has 2 aliphatic rings. The molecule has 0 aromatic heterocycles. The van der Waals surface area contributed by atoms with E-state index in [0.717, 1.165) is 12.1 Å². The summed E-state index contributed by atoms with van der Waals surface area (Å²) in [6.45, 7) is 1.32. The molecule has 0 spiro atoms. The van der Waals surface area contributed by atoms with E-state index in [4.69, 9.17) is 0 Å². The first-order chi connectivity index (χ1) is 15.6. The highest BCUT2D eigenvalue weighted by molar-refractivity contribution is 6.10. The Morgan fingerprint density at radius 3 is 2.42 bits per heavy atom. The molecule has 0 saturated carbocycles. The summed E-state index contributed by atoms with van der Waals surface area (Å²) >= 11 is 0. The molecule has 12 heteroatoms. The Balaban J connectivity index is 1.42. The van der Waals surface area contributed by atoms with Gasteiger partial charge in [0.2, 0.25) is 11.8 Å². The molecule has 0 atom stereocenters. The maximum Gasteiger partial charge on any atom is 0.416 e. The highest BCUT2D eigenvalue weighted by atomic mass is 19.4. The number of anilines is 3. The van der Waals surface area contributed by atoms with Gasteiger partial charge < -0.3 is 10.2 Å². The molecule has 174 valence electrons. The van der Waals surface area contributed by atoms with Crippen molar-refractivity contribution in [1.82, 2.24) is 4.90 Å². The maximum absolute atomic E-state index is 12.9. The minimum Gasteiger partial charge on any atom is -0.363 e. The molecule has 4 rings (SSSR count). The summed E-state index contributed by atoms with van der Waals surface area (Å²) in [5, 5.41) is 14.1. The molecule has 0 bridgehead atoms. The third kappa shape index (κ3) is 4.75. The van der Waals surface area contributed by atoms with Crippen LogP contribution in [0.1, 0.15) is 5.56 Å². The first-order valence-electron chi connectivity index (χ1n) is 10.2. The summed E-state index contributed by atoms with van der Waals surface area (Å²) < 4.78 is 38.8. The van der Waals surface area contributed by atoms with Crippen molar-refractivity contribution >= 4 is 34.6 Å². The van der Waals surface area contributed by atoms with Gasteiger partial charge in [-0.05, 0) is 24.3 Å². The van der Waals surface area contributed by atoms with E-state index in [1.54, 1.807) is 29.2 Å². The summed E-state index contributed by atoms with van der Waals surface area (Å²) in [5.74, 6) is -0.548. The van der Waals surface area contributed by atoms with Gasteiger partial charge in [0.1, 0.15) is 12.2 Å². The number of amides is 2. The van der Waals surface area contributed by atoms with Crippen LogP contribution < -0.4 is 15.1 Å². The van der Waals surface area contributed by atoms with Crippen LogP contribution in [0.4, 0.5) is 35.9 Å². The SMILES string of the molecule is O=C1CN(C(=O)CN2CCN(c3ccc(C(F)(F)F)cc3[N+](=O)[O-])CC2)c2ccccc2N1. The van der Waals surface area contributed by atoms with Crippen molar-refractivity contribution in [2.75, 3.05) is 54.4 Å². The van der Waals surface area contributed by atoms with E-state index in [0.29, 0.717) is 43.6 Å². The molecule has 2 heterocycles. The van der Waals surface area contributed by atoms with Gasteiger partial charge in [0.15, 0.2) is 0 Å². The number of nitro benzene ring substituents is 1. The second kappa shape index (κ2) is 8.70. The van der Waals surface area contributed by atoms with Crippen LogP contribution in [-0.2, 0) is 15.8 Å². The predicted octanol–water partition coefficient (Wildman–Crippen LogP) is 2.72. The van der Waals surface area contributed by atoms with Crippen LogP contribution in [0.15, 0.2) is 42.5 Å². The van der Waals surface area contributed by atoms with Crippen molar-refractivity contribution in [3.63, 3.8) is 0 Å². The molecule has 0 unspecified atom stereocenters. The molecule has 2 aliphatic heterocycles. The molecule has 2 aromatic rings. The summed E-state index contributed by atoms with van der Waals surface area (Å²) in [6, 6.07) is 9.47. The molecule has 2 amide bonds. The van der Waals surface area contributed by atoms with Crippen molar-refractivity contribution in [2.45, 2.75) is 6.18 Å². The molecule has 0 aliphatic carbocycles. The van der Waals surface area contributed by atoms with Gasteiger partial charge in [0.05, 0.1) is 28.4 Å². The van der Waals surface area contributed by atoms with Crippen molar-refractivity contribution in [3.8, 4) is 0 Å². The van der Waals surface area contributed by atoms with Gasteiger partial charge in [-0.2, -0.15) is 13.2 Å². The zero-order valence-electron chi connectivity index (χ0n) is 17.3. The van der Waals surface area contributed by atoms with Crippen LogP contribution >= 0.6 is 0 Å². The fourth-order valence-electron chi connectivity index (χ4n) is 3.99. The summed E-state index contributed by atoms with van der Waals surface area (Å²) in [7, 11) is 0. The first-order valence-corrected chi connectivity index (χ1v) is 10.2. The van der Waals surface area contributed by atoms with Crippen molar-refractivity contribution in [3.05, 3.63) is 58.1 Å². The molecule has 1 N–H and O–H groups in total. The van der Waals surface area contributed by atoms with Crippen LogP contribution in [-0.4, -0.2) is 60.9 Å². The number of alkyl halides is 3. The molecular formula is C21H20F3N5O4. The molecular weight excluding hydrogens is 443 g/mol. The van der Waals surface area contributed by atoms with E-state index in [-0.39, 0.29) is 30.6 Å². The van der Waals surface area contributed by atoms with E-state index in [9.17, 15) is 32.9 Å². The van der Waals surface area contributed by atoms with Crippen molar-refractivity contribution in [1.29, 1.82) is 0 Å². The van der Waals surface area contributed by atoms with E-state index in [1.807, 2.05) is 4.90 Å². The fourth-order valence-corrected chi connectivity index (χ4v) is 3.99. The largest absolute Gasteiger partial charge is 0.416 e. The van der Waals surface area contributed by atoms with Crippen LogP contribution in [0, 0.1) is 10.1 Å². The number of nitrogens with one attached hydrogen (secondary N) is 1. The Morgan fingerprint density at radius 1 is 1.06 bits per heavy atom. The smallest absolute Gasteiger partial charge is 0.363 e. The Hall–Kier alpha value is -3.67. The minimum absolute atomic E-state index is 0.0462. The summed E-state index contributed by atoms with van der Waals surface area (Å²) in [5.41, 5.74) is -0.401. The highest BCUT2D eigenvalue weighted by Gasteiger charge is 2.34. The number of nitrogens with zero attached hydrogens (tertiary/aromatic N) is 4. The third-order valence-corrected chi connectivity index (χ3v) is 5.64. The lowest BCUT2D eigenvalue weighted by Crippen LogP contribution is -2.52. The molecule has 1 saturated heterocycles. The van der Waals surface area contributed by atoms with Gasteiger partial charge in [-0.15, -0.1) is 0 Å². The number of halogens is 3. The second-order valence-corrected chi connectivity index (χ2v) is 7.77. The van der Waals surface area contributed by atoms with E-state index >= 15 is 0 Å². The van der Waals surface area contributed by atoms with Gasteiger partial charge in [0, 0.05) is 32.2 Å². The third-order valence-electron chi connectivity index (χ3n) is 5.64. The van der Waals surface area contributed by atoms with Crippen LogP contribution in [0.2, 0.25) is 0 Å². The molecule has 33 heavy (non-hydrogen) atoms. The van der Waals surface area contributed by atoms with E-state index in [1.165, 1.54) is 4.90 Å². The first kappa shape index (κ1) is 22.5. The standard InChI is InChI=1S/C21H20F3N5O4/c22-21(23,24)14-5-6-17(18(11-14)29(32)33)27-9-7-26(8-10-27)13-20(31)28-12-19(30)25-15-3-1-2-4-16(15)28/h1-6,11H,7-10,12-13H2,(H,25,30). The van der Waals surface area contributed by atoms with E-state index < -0.39 is 22.4 Å². The molecule has 2 aromatic carbocycles. The molecule has 9 nitrogen and oxygen atoms in total. The van der Waals surface area contributed by atoms with Crippen molar-refractivity contribution < 1.29 is 27.7 Å². The van der Waals surface area contributed by atoms with Gasteiger partial charge in [-0.3, -0.25) is 29.5 Å². The summed E-state index contributed by atoms with van der Waals surface area (Å²) in [4.78, 5) is 40.3. The topological polar surface area (TPSA) is 99.0 Å². The van der Waals surface area contributed by atoms with Gasteiger partial charge in [-0.1, -0.05) is 12.1 Å². The number of carbonyl (C=O) groups is 2. The fraction of sp³-hybridized carbons (Fsp3) is 0.333. The second-order valence-electron chi connectivity index (χ2n) is 7.77. The Morgan fingerprint density at radius 2 is 1.76 bits per heavy atom. The number of piperazine rings is 1. The number of fused-ring (bicyclic) bond motifs is 1. The number of para-hydroxylation sites is 2. The monoisotopic (exact) mass is 463 g/mol. The number of hydrogen-bond acceptors (Lipinski definition) is 6. The lowest BCUT2D eigenvalue weighted by atomic mass is 10.1. The number of hydrogen-bond donors (Lipinski definition) is 1. The zero-order valence-corrected chi connectivity index (χ0v) is 17.3. The minimum atomic E-state index is -4.67. The van der Waals surface area contributed by atoms with Crippen LogP contribution in [0.5, 0.6) is 0 Å². The zero-order chi connectivity index (χ0) is 23.8. The number of benzene rings is 2. The number of carbonyl (C=O) groups excluding carboxylic acids is 2. The van der Waals surface area contributed by atoms with Gasteiger partial charge in [-0.25, -0.2) is 0 Å². The predicted molar refractivity (Wildman–Crippen MR) is 114 cm³/mol. The molecule has 0 radical (unpaired) electrons. The van der Waals surface area contributed by atoms with Crippen LogP contribution in [0.25, 0.3) is 0 Å². The van der Waals surface area contributed by atoms with Crippen LogP contribution in [0.3, 0.4) is 0 Å². The highest BCUT2D eigenvalue weighted by Crippen LogP contribution is 2.37. The number of rotatable bonds is 4. The maximum atomic E-state index is 12.9. The summed E-state index contributed by atoms with van der Waals surface area (Å²) in [6.07, 6.45) is -4.67. The molecule has 1 fully saturated rings. The average Bonchev–Trinajstić information content (AvgIpc) is 2.78. The number of nitro groups is 1. The quantitative estimate of drug-likeness (QED) is 0.553. The van der Waals surface area contributed by atoms with Gasteiger partial charge in [0.25, 0.3) is 5.69 Å². The lowest BCUT2D eigenvalue weighted by molar-refractivity contribution is -0.384. The Bertz CT molecular complexity index is 1100. The van der Waals surface area contributed by atoms with Gasteiger partial charge >= 0.3 is 6.18 Å². The van der Waals surface area contributed by atoms with Crippen molar-refractivity contribution in [2.24, 2.45) is 0 Å². The van der Waals surface area contributed by atoms with E-state index in [2.05, 4.69) is 5.32 Å².